The van der Waals surface area contributed by atoms with Gasteiger partial charge in [-0.25, -0.2) is 0 Å². The fraction of sp³-hybridized carbons (Fsp3) is 0.250. The fourth-order valence-corrected chi connectivity index (χ4v) is 2.24. The Morgan fingerprint density at radius 1 is 0.955 bits per heavy atom. The van der Waals surface area contributed by atoms with Crippen LogP contribution in [-0.2, 0) is 12.6 Å². The van der Waals surface area contributed by atoms with Crippen LogP contribution in [0.15, 0.2) is 54.6 Å². The minimum atomic E-state index is -4.49. The normalized spacial score (nSPS) is 14.0. The van der Waals surface area contributed by atoms with Crippen molar-refractivity contribution in [1.82, 2.24) is 0 Å². The monoisotopic (exact) mass is 331 g/mol. The first-order valence-electron chi connectivity index (χ1n) is 6.53. The lowest BCUT2D eigenvalue weighted by Gasteiger charge is -2.22. The first kappa shape index (κ1) is 18.5. The Hall–Kier alpha value is -1.56. The molecule has 0 unspecified atom stereocenters. The highest BCUT2D eigenvalue weighted by Crippen LogP contribution is 2.35. The third kappa shape index (κ3) is 4.47. The Balaban J connectivity index is 0.00000242. The van der Waals surface area contributed by atoms with Gasteiger partial charge in [0.05, 0.1) is 17.7 Å². The average Bonchev–Trinajstić information content (AvgIpc) is 2.46. The number of hydrogen-bond acceptors (Lipinski definition) is 2. The summed E-state index contributed by atoms with van der Waals surface area (Å²) < 4.78 is 38.9. The fourth-order valence-electron chi connectivity index (χ4n) is 2.24. The minimum absolute atomic E-state index is 0. The summed E-state index contributed by atoms with van der Waals surface area (Å²) in [5.74, 6) is 0. The van der Waals surface area contributed by atoms with Gasteiger partial charge in [-0.3, -0.25) is 0 Å². The van der Waals surface area contributed by atoms with Crippen molar-refractivity contribution in [3.8, 4) is 0 Å². The lowest BCUT2D eigenvalue weighted by atomic mass is 9.93. The molecule has 0 aliphatic heterocycles. The van der Waals surface area contributed by atoms with Crippen LogP contribution >= 0.6 is 12.4 Å². The maximum Gasteiger partial charge on any atom is 0.416 e. The van der Waals surface area contributed by atoms with Gasteiger partial charge in [0.2, 0.25) is 0 Å². The molecule has 0 radical (unpaired) electrons. The van der Waals surface area contributed by atoms with Crippen LogP contribution in [0, 0.1) is 0 Å². The predicted octanol–water partition coefficient (Wildman–Crippen LogP) is 3.73. The summed E-state index contributed by atoms with van der Waals surface area (Å²) in [6.45, 7) is 0. The molecule has 22 heavy (non-hydrogen) atoms. The van der Waals surface area contributed by atoms with Crippen molar-refractivity contribution in [3.05, 3.63) is 71.3 Å². The summed E-state index contributed by atoms with van der Waals surface area (Å²) >= 11 is 0. The van der Waals surface area contributed by atoms with E-state index in [0.29, 0.717) is 0 Å². The summed E-state index contributed by atoms with van der Waals surface area (Å²) in [6.07, 6.45) is -5.37. The van der Waals surface area contributed by atoms with E-state index >= 15 is 0 Å². The highest BCUT2D eigenvalue weighted by Gasteiger charge is 2.35. The van der Waals surface area contributed by atoms with E-state index in [4.69, 9.17) is 5.73 Å². The first-order chi connectivity index (χ1) is 9.89. The molecule has 2 nitrogen and oxygen atoms in total. The van der Waals surface area contributed by atoms with Crippen LogP contribution in [0.1, 0.15) is 22.7 Å². The van der Waals surface area contributed by atoms with Crippen LogP contribution in [0.25, 0.3) is 0 Å². The standard InChI is InChI=1S/C16H16F3NO.ClH/c17-16(18,19)13-9-5-4-8-12(13)15(20)14(21)10-11-6-2-1-3-7-11;/h1-9,14-15,21H,10,20H2;1H/t14-,15+;/m0./s1. The smallest absolute Gasteiger partial charge is 0.391 e. The van der Waals surface area contributed by atoms with Gasteiger partial charge >= 0.3 is 6.18 Å². The maximum atomic E-state index is 13.0. The molecular formula is C16H17ClF3NO. The highest BCUT2D eigenvalue weighted by atomic mass is 35.5. The molecule has 3 N–H and O–H groups in total. The number of alkyl halides is 3. The second-order valence-corrected chi connectivity index (χ2v) is 4.87. The zero-order valence-electron chi connectivity index (χ0n) is 11.6. The van der Waals surface area contributed by atoms with Crippen LogP contribution in [0.4, 0.5) is 13.2 Å². The average molecular weight is 332 g/mol. The molecule has 2 aromatic carbocycles. The molecular weight excluding hydrogens is 315 g/mol. The zero-order valence-corrected chi connectivity index (χ0v) is 12.4. The molecule has 0 bridgehead atoms. The SMILES string of the molecule is Cl.N[C@H](c1ccccc1C(F)(F)F)[C@@H](O)Cc1ccccc1. The van der Waals surface area contributed by atoms with Gasteiger partial charge < -0.3 is 10.8 Å². The van der Waals surface area contributed by atoms with Gasteiger partial charge in [0.1, 0.15) is 0 Å². The second kappa shape index (κ2) is 7.63. The van der Waals surface area contributed by atoms with Crippen molar-refractivity contribution in [2.75, 3.05) is 0 Å². The Morgan fingerprint density at radius 2 is 1.50 bits per heavy atom. The first-order valence-corrected chi connectivity index (χ1v) is 6.53. The van der Waals surface area contributed by atoms with Crippen LogP contribution in [0.3, 0.4) is 0 Å². The van der Waals surface area contributed by atoms with Gasteiger partial charge in [-0.15, -0.1) is 12.4 Å². The van der Waals surface area contributed by atoms with Gasteiger partial charge in [-0.2, -0.15) is 13.2 Å². The molecule has 0 aliphatic carbocycles. The number of aliphatic hydroxyl groups excluding tert-OH is 1. The van der Waals surface area contributed by atoms with E-state index in [9.17, 15) is 18.3 Å². The topological polar surface area (TPSA) is 46.2 Å². The molecule has 0 saturated heterocycles. The summed E-state index contributed by atoms with van der Waals surface area (Å²) in [6, 6.07) is 13.0. The second-order valence-electron chi connectivity index (χ2n) is 4.87. The number of rotatable bonds is 4. The number of benzene rings is 2. The summed E-state index contributed by atoms with van der Waals surface area (Å²) in [5, 5.41) is 10.1. The Kier molecular flexibility index (Phi) is 6.41. The van der Waals surface area contributed by atoms with E-state index in [0.717, 1.165) is 11.6 Å². The largest absolute Gasteiger partial charge is 0.416 e. The summed E-state index contributed by atoms with van der Waals surface area (Å²) in [7, 11) is 0. The van der Waals surface area contributed by atoms with Gasteiger partial charge in [0.15, 0.2) is 0 Å². The molecule has 0 aromatic heterocycles. The number of aliphatic hydroxyl groups is 1. The molecule has 0 aliphatic rings. The minimum Gasteiger partial charge on any atom is -0.391 e. The van der Waals surface area contributed by atoms with Crippen molar-refractivity contribution in [1.29, 1.82) is 0 Å². The van der Waals surface area contributed by atoms with E-state index in [-0.39, 0.29) is 24.4 Å². The zero-order chi connectivity index (χ0) is 15.5. The van der Waals surface area contributed by atoms with Gasteiger partial charge in [-0.05, 0) is 17.2 Å². The van der Waals surface area contributed by atoms with E-state index in [1.807, 2.05) is 6.07 Å². The highest BCUT2D eigenvalue weighted by molar-refractivity contribution is 5.85. The van der Waals surface area contributed by atoms with E-state index in [2.05, 4.69) is 0 Å². The Labute approximate surface area is 133 Å². The molecule has 2 atom stereocenters. The van der Waals surface area contributed by atoms with Gasteiger partial charge in [-0.1, -0.05) is 48.5 Å². The lowest BCUT2D eigenvalue weighted by molar-refractivity contribution is -0.138. The molecule has 0 heterocycles. The van der Waals surface area contributed by atoms with Crippen molar-refractivity contribution in [3.63, 3.8) is 0 Å². The molecule has 2 aromatic rings. The number of halogens is 4. The predicted molar refractivity (Wildman–Crippen MR) is 81.8 cm³/mol. The molecule has 120 valence electrons. The van der Waals surface area contributed by atoms with E-state index in [1.165, 1.54) is 18.2 Å². The summed E-state index contributed by atoms with van der Waals surface area (Å²) in [4.78, 5) is 0. The Morgan fingerprint density at radius 3 is 2.09 bits per heavy atom. The molecule has 0 fully saturated rings. The van der Waals surface area contributed by atoms with Crippen LogP contribution in [0.5, 0.6) is 0 Å². The lowest BCUT2D eigenvalue weighted by Crippen LogP contribution is -2.30. The molecule has 0 spiro atoms. The number of hydrogen-bond donors (Lipinski definition) is 2. The summed E-state index contributed by atoms with van der Waals surface area (Å²) in [5.41, 5.74) is 5.77. The third-order valence-corrected chi connectivity index (χ3v) is 3.33. The molecule has 2 rings (SSSR count). The van der Waals surface area contributed by atoms with Crippen LogP contribution in [0.2, 0.25) is 0 Å². The maximum absolute atomic E-state index is 13.0. The van der Waals surface area contributed by atoms with Crippen molar-refractivity contribution >= 4 is 12.4 Å². The molecule has 0 saturated carbocycles. The number of nitrogens with two attached hydrogens (primary N) is 1. The molecule has 6 heteroatoms. The molecule has 0 amide bonds. The van der Waals surface area contributed by atoms with Crippen LogP contribution in [-0.4, -0.2) is 11.2 Å². The van der Waals surface area contributed by atoms with Gasteiger partial charge in [0.25, 0.3) is 0 Å². The third-order valence-electron chi connectivity index (χ3n) is 3.33. The van der Waals surface area contributed by atoms with E-state index < -0.39 is 23.9 Å². The van der Waals surface area contributed by atoms with Crippen LogP contribution < -0.4 is 5.73 Å². The van der Waals surface area contributed by atoms with Crippen molar-refractivity contribution < 1.29 is 18.3 Å². The van der Waals surface area contributed by atoms with Crippen molar-refractivity contribution in [2.45, 2.75) is 24.7 Å². The van der Waals surface area contributed by atoms with Gasteiger partial charge in [0, 0.05) is 6.42 Å². The Bertz CT molecular complexity index is 589. The van der Waals surface area contributed by atoms with E-state index in [1.54, 1.807) is 24.3 Å². The quantitative estimate of drug-likeness (QED) is 0.896. The van der Waals surface area contributed by atoms with Crippen molar-refractivity contribution in [2.24, 2.45) is 5.73 Å².